The number of carbonyl (C=O) groups excluding carboxylic acids is 2. The van der Waals surface area contributed by atoms with Gasteiger partial charge >= 0.3 is 11.9 Å². The van der Waals surface area contributed by atoms with Crippen molar-refractivity contribution < 1.29 is 23.8 Å². The van der Waals surface area contributed by atoms with Crippen LogP contribution >= 0.6 is 0 Å². The number of hydrogen-bond donors (Lipinski definition) is 0. The van der Waals surface area contributed by atoms with Crippen molar-refractivity contribution in [2.75, 3.05) is 19.8 Å². The fourth-order valence-corrected chi connectivity index (χ4v) is 7.00. The first-order valence-corrected chi connectivity index (χ1v) is 27.1. The van der Waals surface area contributed by atoms with Gasteiger partial charge in [-0.2, -0.15) is 0 Å². The summed E-state index contributed by atoms with van der Waals surface area (Å²) in [5.41, 5.74) is 0. The van der Waals surface area contributed by atoms with E-state index in [2.05, 4.69) is 142 Å². The summed E-state index contributed by atoms with van der Waals surface area (Å²) in [6, 6.07) is 0. The first-order valence-electron chi connectivity index (χ1n) is 27.1. The normalized spacial score (nSPS) is 13.2. The average molecular weight is 913 g/mol. The van der Waals surface area contributed by atoms with Crippen LogP contribution in [0.25, 0.3) is 0 Å². The molecule has 1 atom stereocenters. The number of unbranched alkanes of at least 4 members (excludes halogenated alkanes) is 17. The van der Waals surface area contributed by atoms with Gasteiger partial charge in [0, 0.05) is 19.4 Å². The Labute approximate surface area is 407 Å². The van der Waals surface area contributed by atoms with E-state index in [4.69, 9.17) is 14.2 Å². The summed E-state index contributed by atoms with van der Waals surface area (Å²) in [6.07, 6.45) is 77.9. The van der Waals surface area contributed by atoms with Crippen LogP contribution in [0.2, 0.25) is 0 Å². The number of allylic oxidation sites excluding steroid dienone is 20. The average Bonchev–Trinajstić information content (AvgIpc) is 3.32. The zero-order valence-corrected chi connectivity index (χ0v) is 42.9. The zero-order chi connectivity index (χ0) is 47.7. The van der Waals surface area contributed by atoms with E-state index in [1.807, 2.05) is 0 Å². The Kier molecular flexibility index (Phi) is 52.5. The van der Waals surface area contributed by atoms with E-state index in [0.29, 0.717) is 19.4 Å². The molecule has 0 aliphatic heterocycles. The van der Waals surface area contributed by atoms with Crippen molar-refractivity contribution in [2.45, 2.75) is 232 Å². The third-order valence-corrected chi connectivity index (χ3v) is 11.0. The summed E-state index contributed by atoms with van der Waals surface area (Å²) < 4.78 is 17.4. The molecule has 0 heterocycles. The van der Waals surface area contributed by atoms with E-state index in [0.717, 1.165) is 109 Å². The molecular weight excluding hydrogens is 813 g/mol. The van der Waals surface area contributed by atoms with E-state index in [9.17, 15) is 9.59 Å². The third kappa shape index (κ3) is 52.9. The Morgan fingerprint density at radius 2 is 0.697 bits per heavy atom. The topological polar surface area (TPSA) is 61.8 Å². The van der Waals surface area contributed by atoms with Crippen molar-refractivity contribution in [3.05, 3.63) is 122 Å². The van der Waals surface area contributed by atoms with Crippen molar-refractivity contribution in [1.29, 1.82) is 0 Å². The highest BCUT2D eigenvalue weighted by Gasteiger charge is 2.17. The summed E-state index contributed by atoms with van der Waals surface area (Å²) >= 11 is 0. The maximum atomic E-state index is 12.8. The van der Waals surface area contributed by atoms with E-state index in [1.54, 1.807) is 0 Å². The van der Waals surface area contributed by atoms with Crippen molar-refractivity contribution in [3.63, 3.8) is 0 Å². The quantitative estimate of drug-likeness (QED) is 0.0346. The van der Waals surface area contributed by atoms with Crippen molar-refractivity contribution in [1.82, 2.24) is 0 Å². The van der Waals surface area contributed by atoms with Gasteiger partial charge in [-0.1, -0.05) is 213 Å². The largest absolute Gasteiger partial charge is 0.462 e. The van der Waals surface area contributed by atoms with Gasteiger partial charge in [0.25, 0.3) is 0 Å². The molecule has 1 unspecified atom stereocenters. The smallest absolute Gasteiger partial charge is 0.306 e. The lowest BCUT2D eigenvalue weighted by Crippen LogP contribution is -2.30. The molecule has 0 spiro atoms. The minimum atomic E-state index is -0.579. The minimum Gasteiger partial charge on any atom is -0.462 e. The molecule has 0 N–H and O–H groups in total. The Balaban J connectivity index is 4.42. The van der Waals surface area contributed by atoms with E-state index in [-0.39, 0.29) is 25.2 Å². The number of hydrogen-bond acceptors (Lipinski definition) is 5. The summed E-state index contributed by atoms with van der Waals surface area (Å²) in [5, 5.41) is 0. The van der Waals surface area contributed by atoms with Gasteiger partial charge in [0.1, 0.15) is 6.61 Å². The molecule has 5 heteroatoms. The van der Waals surface area contributed by atoms with Gasteiger partial charge in [0.15, 0.2) is 6.10 Å². The molecule has 0 saturated heterocycles. The SMILES string of the molecule is CC/C=C\C/C=C\C/C=C\C/C=C\C/C=C\CCCC(=O)OCC(COCCCCCCCCCC/C=C\C/C=C\C/C=C\CC)OC(=O)CCCCCCC/C=C\C/C=C\CCCCC. The lowest BCUT2D eigenvalue weighted by molar-refractivity contribution is -0.163. The summed E-state index contributed by atoms with van der Waals surface area (Å²) in [6.45, 7) is 7.48. The van der Waals surface area contributed by atoms with Gasteiger partial charge < -0.3 is 14.2 Å². The molecule has 0 aromatic rings. The molecule has 0 aliphatic rings. The molecule has 0 rings (SSSR count). The standard InChI is InChI=1S/C61H100O5/c1-4-7-10-13-16-19-22-25-28-30-32-35-38-41-44-47-50-53-56-64-57-59(66-61(63)55-52-49-46-43-40-37-33-27-24-21-18-15-12-9-6-3)58-65-60(62)54-51-48-45-42-39-36-34-31-29-26-23-20-17-14-11-8-5-2/h7-8,10-11,16-21,25-29,33-34,36,42,45,59H,4-6,9,12-15,22-24,30-32,35,37-41,43-44,46-58H2,1-3H3/b10-7-,11-8-,19-16-,20-17-,21-18-,28-25-,29-26-,33-27-,36-34-,45-42-. The molecule has 0 aromatic carbocycles. The zero-order valence-electron chi connectivity index (χ0n) is 42.9. The van der Waals surface area contributed by atoms with Crippen molar-refractivity contribution >= 4 is 11.9 Å². The van der Waals surface area contributed by atoms with Crippen LogP contribution in [0.1, 0.15) is 226 Å². The van der Waals surface area contributed by atoms with Crippen LogP contribution in [0.4, 0.5) is 0 Å². The molecule has 66 heavy (non-hydrogen) atoms. The fraction of sp³-hybridized carbons (Fsp3) is 0.639. The van der Waals surface area contributed by atoms with Gasteiger partial charge in [0.2, 0.25) is 0 Å². The fourth-order valence-electron chi connectivity index (χ4n) is 7.00. The van der Waals surface area contributed by atoms with E-state index >= 15 is 0 Å². The van der Waals surface area contributed by atoms with Gasteiger partial charge in [0.05, 0.1) is 6.61 Å². The molecule has 0 fully saturated rings. The summed E-state index contributed by atoms with van der Waals surface area (Å²) in [4.78, 5) is 25.4. The van der Waals surface area contributed by atoms with Crippen LogP contribution in [0.15, 0.2) is 122 Å². The Morgan fingerprint density at radius 1 is 0.348 bits per heavy atom. The molecule has 0 radical (unpaired) electrons. The Bertz CT molecular complexity index is 1350. The van der Waals surface area contributed by atoms with Gasteiger partial charge in [-0.25, -0.2) is 0 Å². The van der Waals surface area contributed by atoms with Gasteiger partial charge in [-0.3, -0.25) is 9.59 Å². The lowest BCUT2D eigenvalue weighted by atomic mass is 10.1. The van der Waals surface area contributed by atoms with Crippen molar-refractivity contribution in [3.8, 4) is 0 Å². The second kappa shape index (κ2) is 55.6. The van der Waals surface area contributed by atoms with Crippen LogP contribution in [0.5, 0.6) is 0 Å². The van der Waals surface area contributed by atoms with Crippen LogP contribution in [0, 0.1) is 0 Å². The predicted molar refractivity (Wildman–Crippen MR) is 288 cm³/mol. The number of ether oxygens (including phenoxy) is 3. The van der Waals surface area contributed by atoms with Crippen LogP contribution in [-0.4, -0.2) is 37.9 Å². The summed E-state index contributed by atoms with van der Waals surface area (Å²) in [7, 11) is 0. The molecule has 0 saturated carbocycles. The highest BCUT2D eigenvalue weighted by molar-refractivity contribution is 5.70. The number of carbonyl (C=O) groups is 2. The maximum Gasteiger partial charge on any atom is 0.306 e. The molecule has 5 nitrogen and oxygen atoms in total. The second-order valence-corrected chi connectivity index (χ2v) is 17.4. The monoisotopic (exact) mass is 913 g/mol. The molecule has 0 bridgehead atoms. The van der Waals surface area contributed by atoms with Gasteiger partial charge in [-0.05, 0) is 122 Å². The molecule has 0 amide bonds. The van der Waals surface area contributed by atoms with E-state index in [1.165, 1.54) is 83.5 Å². The first-order chi connectivity index (χ1) is 32.6. The molecule has 0 aliphatic carbocycles. The second-order valence-electron chi connectivity index (χ2n) is 17.4. The molecule has 374 valence electrons. The molecule has 0 aromatic heterocycles. The molecular formula is C61H100O5. The van der Waals surface area contributed by atoms with Gasteiger partial charge in [-0.15, -0.1) is 0 Å². The highest BCUT2D eigenvalue weighted by atomic mass is 16.6. The Morgan fingerprint density at radius 3 is 1.14 bits per heavy atom. The van der Waals surface area contributed by atoms with E-state index < -0.39 is 6.10 Å². The van der Waals surface area contributed by atoms with Crippen LogP contribution < -0.4 is 0 Å². The lowest BCUT2D eigenvalue weighted by Gasteiger charge is -2.18. The minimum absolute atomic E-state index is 0.0399. The Hall–Kier alpha value is -3.70. The van der Waals surface area contributed by atoms with Crippen LogP contribution in [-0.2, 0) is 23.8 Å². The number of esters is 2. The summed E-state index contributed by atoms with van der Waals surface area (Å²) in [5.74, 6) is -0.490. The predicted octanol–water partition coefficient (Wildman–Crippen LogP) is 18.6. The van der Waals surface area contributed by atoms with Crippen LogP contribution in [0.3, 0.4) is 0 Å². The third-order valence-electron chi connectivity index (χ3n) is 11.0. The first kappa shape index (κ1) is 62.3. The van der Waals surface area contributed by atoms with Crippen molar-refractivity contribution in [2.24, 2.45) is 0 Å². The maximum absolute atomic E-state index is 12.8. The highest BCUT2D eigenvalue weighted by Crippen LogP contribution is 2.13. The number of rotatable bonds is 48.